The minimum atomic E-state index is -0.231. The molecule has 0 aromatic heterocycles. The molecule has 22 heavy (non-hydrogen) atoms. The predicted octanol–water partition coefficient (Wildman–Crippen LogP) is 3.78. The number of carbonyl (C=O) groups is 1. The molecule has 0 spiro atoms. The van der Waals surface area contributed by atoms with Gasteiger partial charge >= 0.3 is 0 Å². The van der Waals surface area contributed by atoms with E-state index in [0.717, 1.165) is 24.9 Å². The molecule has 2 rings (SSSR count). The van der Waals surface area contributed by atoms with E-state index in [1.807, 2.05) is 20.8 Å². The molecule has 0 atom stereocenters. The Morgan fingerprint density at radius 2 is 1.18 bits per heavy atom. The highest BCUT2D eigenvalue weighted by atomic mass is 16.2. The van der Waals surface area contributed by atoms with Crippen molar-refractivity contribution in [2.24, 2.45) is 17.3 Å². The van der Waals surface area contributed by atoms with Crippen molar-refractivity contribution in [2.45, 2.75) is 72.8 Å². The molecular formula is C19H36N2O. The summed E-state index contributed by atoms with van der Waals surface area (Å²) in [4.78, 5) is 17.1. The average Bonchev–Trinajstić information content (AvgIpc) is 2.45. The fourth-order valence-corrected chi connectivity index (χ4v) is 4.09. The van der Waals surface area contributed by atoms with Crippen LogP contribution in [0.4, 0.5) is 0 Å². The smallest absolute Gasteiger partial charge is 0.227 e. The van der Waals surface area contributed by atoms with Crippen LogP contribution in [0, 0.1) is 17.3 Å². The second-order valence-electron chi connectivity index (χ2n) is 9.37. The zero-order valence-corrected chi connectivity index (χ0v) is 15.6. The van der Waals surface area contributed by atoms with Crippen LogP contribution in [0.1, 0.15) is 67.2 Å². The van der Waals surface area contributed by atoms with Crippen LogP contribution < -0.4 is 0 Å². The summed E-state index contributed by atoms with van der Waals surface area (Å²) in [6.45, 7) is 17.5. The minimum absolute atomic E-state index is 0.231. The van der Waals surface area contributed by atoms with E-state index in [1.54, 1.807) is 0 Å². The van der Waals surface area contributed by atoms with Gasteiger partial charge in [0.15, 0.2) is 0 Å². The molecule has 2 saturated heterocycles. The lowest BCUT2D eigenvalue weighted by Crippen LogP contribution is -2.49. The maximum Gasteiger partial charge on any atom is 0.227 e. The highest BCUT2D eigenvalue weighted by molar-refractivity contribution is 5.81. The molecule has 2 fully saturated rings. The Bertz CT molecular complexity index is 375. The van der Waals surface area contributed by atoms with E-state index in [2.05, 4.69) is 30.6 Å². The third kappa shape index (κ3) is 4.24. The summed E-state index contributed by atoms with van der Waals surface area (Å²) >= 11 is 0. The van der Waals surface area contributed by atoms with Gasteiger partial charge in [-0.05, 0) is 71.4 Å². The quantitative estimate of drug-likeness (QED) is 0.736. The van der Waals surface area contributed by atoms with Crippen LogP contribution in [0.15, 0.2) is 0 Å². The molecule has 2 heterocycles. The molecule has 0 N–H and O–H groups in total. The van der Waals surface area contributed by atoms with Crippen LogP contribution in [0.25, 0.3) is 0 Å². The van der Waals surface area contributed by atoms with Crippen molar-refractivity contribution < 1.29 is 4.79 Å². The Morgan fingerprint density at radius 3 is 1.55 bits per heavy atom. The third-order valence-corrected chi connectivity index (χ3v) is 5.62. The highest BCUT2D eigenvalue weighted by Gasteiger charge is 2.35. The van der Waals surface area contributed by atoms with Crippen molar-refractivity contribution in [3.05, 3.63) is 0 Å². The second kappa shape index (κ2) is 6.51. The number of carbonyl (C=O) groups excluding carboxylic acids is 1. The second-order valence-corrected chi connectivity index (χ2v) is 9.37. The number of hydrogen-bond donors (Lipinski definition) is 0. The Hall–Kier alpha value is -0.570. The molecule has 0 aromatic rings. The predicted molar refractivity (Wildman–Crippen MR) is 92.8 cm³/mol. The van der Waals surface area contributed by atoms with Crippen molar-refractivity contribution in [3.8, 4) is 0 Å². The SMILES string of the molecule is CC(C)(C)C(=O)N1CCC(C2CCN(C(C)(C)C)CC2)CC1. The Labute approximate surface area is 137 Å². The topological polar surface area (TPSA) is 23.6 Å². The third-order valence-electron chi connectivity index (χ3n) is 5.62. The van der Waals surface area contributed by atoms with Gasteiger partial charge in [0.25, 0.3) is 0 Å². The van der Waals surface area contributed by atoms with Gasteiger partial charge in [-0.1, -0.05) is 20.8 Å². The van der Waals surface area contributed by atoms with Gasteiger partial charge in [0.05, 0.1) is 0 Å². The van der Waals surface area contributed by atoms with Gasteiger partial charge < -0.3 is 4.90 Å². The molecule has 3 nitrogen and oxygen atoms in total. The Balaban J connectivity index is 1.80. The summed E-state index contributed by atoms with van der Waals surface area (Å²) in [5.74, 6) is 2.05. The molecule has 2 aliphatic rings. The number of piperidine rings is 2. The van der Waals surface area contributed by atoms with Crippen molar-refractivity contribution >= 4 is 5.91 Å². The Morgan fingerprint density at radius 1 is 0.773 bits per heavy atom. The van der Waals surface area contributed by atoms with Crippen LogP contribution in [0.5, 0.6) is 0 Å². The fourth-order valence-electron chi connectivity index (χ4n) is 4.09. The minimum Gasteiger partial charge on any atom is -0.342 e. The fraction of sp³-hybridized carbons (Fsp3) is 0.947. The molecule has 128 valence electrons. The first-order valence-corrected chi connectivity index (χ1v) is 9.13. The molecule has 1 amide bonds. The van der Waals surface area contributed by atoms with E-state index in [0.29, 0.717) is 11.4 Å². The first-order chi connectivity index (χ1) is 10.1. The van der Waals surface area contributed by atoms with Crippen LogP contribution in [-0.2, 0) is 4.79 Å². The van der Waals surface area contributed by atoms with Crippen molar-refractivity contribution in [3.63, 3.8) is 0 Å². The van der Waals surface area contributed by atoms with E-state index in [-0.39, 0.29) is 5.41 Å². The summed E-state index contributed by atoms with van der Waals surface area (Å²) in [6, 6.07) is 0. The van der Waals surface area contributed by atoms with Crippen LogP contribution in [0.2, 0.25) is 0 Å². The summed E-state index contributed by atoms with van der Waals surface area (Å²) in [5, 5.41) is 0. The van der Waals surface area contributed by atoms with Gasteiger partial charge in [-0.3, -0.25) is 9.69 Å². The van der Waals surface area contributed by atoms with Crippen molar-refractivity contribution in [1.29, 1.82) is 0 Å². The molecular weight excluding hydrogens is 272 g/mol. The molecule has 0 bridgehead atoms. The summed E-state index contributed by atoms with van der Waals surface area (Å²) in [5.41, 5.74) is 0.0817. The standard InChI is InChI=1S/C19H36N2O/c1-18(2,3)17(22)20-11-7-15(8-12-20)16-9-13-21(14-10-16)19(4,5)6/h15-16H,7-14H2,1-6H3. The molecule has 0 radical (unpaired) electrons. The largest absolute Gasteiger partial charge is 0.342 e. The normalized spacial score (nSPS) is 23.8. The number of amides is 1. The summed E-state index contributed by atoms with van der Waals surface area (Å²) < 4.78 is 0. The lowest BCUT2D eigenvalue weighted by molar-refractivity contribution is -0.141. The molecule has 0 aliphatic carbocycles. The zero-order valence-electron chi connectivity index (χ0n) is 15.6. The van der Waals surface area contributed by atoms with Crippen LogP contribution >= 0.6 is 0 Å². The molecule has 2 aliphatic heterocycles. The average molecular weight is 309 g/mol. The van der Waals surface area contributed by atoms with Gasteiger partial charge in [0, 0.05) is 24.0 Å². The molecule has 3 heteroatoms. The van der Waals surface area contributed by atoms with E-state index >= 15 is 0 Å². The number of hydrogen-bond acceptors (Lipinski definition) is 2. The monoisotopic (exact) mass is 308 g/mol. The van der Waals surface area contributed by atoms with Crippen LogP contribution in [-0.4, -0.2) is 47.4 Å². The highest BCUT2D eigenvalue weighted by Crippen LogP contribution is 2.35. The number of rotatable bonds is 1. The van der Waals surface area contributed by atoms with Gasteiger partial charge in [0.2, 0.25) is 5.91 Å². The van der Waals surface area contributed by atoms with Gasteiger partial charge in [-0.25, -0.2) is 0 Å². The first kappa shape index (κ1) is 17.8. The molecule has 0 unspecified atom stereocenters. The van der Waals surface area contributed by atoms with Crippen molar-refractivity contribution in [1.82, 2.24) is 9.80 Å². The van der Waals surface area contributed by atoms with E-state index in [1.165, 1.54) is 38.8 Å². The van der Waals surface area contributed by atoms with Gasteiger partial charge in [-0.2, -0.15) is 0 Å². The lowest BCUT2D eigenvalue weighted by atomic mass is 9.78. The molecule has 0 aromatic carbocycles. The maximum atomic E-state index is 12.4. The maximum absolute atomic E-state index is 12.4. The van der Waals surface area contributed by atoms with E-state index in [9.17, 15) is 4.79 Å². The summed E-state index contributed by atoms with van der Waals surface area (Å²) in [6.07, 6.45) is 5.11. The van der Waals surface area contributed by atoms with Crippen LogP contribution in [0.3, 0.4) is 0 Å². The summed E-state index contributed by atoms with van der Waals surface area (Å²) in [7, 11) is 0. The van der Waals surface area contributed by atoms with E-state index < -0.39 is 0 Å². The number of nitrogens with zero attached hydrogens (tertiary/aromatic N) is 2. The Kier molecular flexibility index (Phi) is 5.26. The van der Waals surface area contributed by atoms with E-state index in [4.69, 9.17) is 0 Å². The van der Waals surface area contributed by atoms with Gasteiger partial charge in [0.1, 0.15) is 0 Å². The first-order valence-electron chi connectivity index (χ1n) is 9.13. The zero-order chi connectivity index (χ0) is 16.5. The molecule has 0 saturated carbocycles. The van der Waals surface area contributed by atoms with Gasteiger partial charge in [-0.15, -0.1) is 0 Å². The lowest BCUT2D eigenvalue weighted by Gasteiger charge is -2.44. The van der Waals surface area contributed by atoms with Crippen molar-refractivity contribution in [2.75, 3.05) is 26.2 Å². The number of likely N-dealkylation sites (tertiary alicyclic amines) is 2.